The molecular formula is C15H21BrIN. The lowest BCUT2D eigenvalue weighted by Crippen LogP contribution is -2.26. The fourth-order valence-corrected chi connectivity index (χ4v) is 4.01. The summed E-state index contributed by atoms with van der Waals surface area (Å²) >= 11 is 6.00. The van der Waals surface area contributed by atoms with Crippen molar-refractivity contribution < 1.29 is 0 Å². The Labute approximate surface area is 132 Å². The van der Waals surface area contributed by atoms with Crippen LogP contribution in [0, 0.1) is 15.4 Å². The summed E-state index contributed by atoms with van der Waals surface area (Å²) in [7, 11) is 0. The molecule has 1 aromatic rings. The number of rotatable bonds is 3. The smallest absolute Gasteiger partial charge is 0.0335 e. The zero-order chi connectivity index (χ0) is 13.1. The Morgan fingerprint density at radius 2 is 2.00 bits per heavy atom. The minimum Gasteiger partial charge on any atom is -0.324 e. The molecule has 1 saturated carbocycles. The van der Waals surface area contributed by atoms with E-state index in [1.807, 2.05) is 0 Å². The maximum Gasteiger partial charge on any atom is 0.0335 e. The highest BCUT2D eigenvalue weighted by Crippen LogP contribution is 2.38. The Morgan fingerprint density at radius 3 is 2.61 bits per heavy atom. The van der Waals surface area contributed by atoms with Crippen LogP contribution in [0.25, 0.3) is 0 Å². The van der Waals surface area contributed by atoms with Crippen molar-refractivity contribution in [2.75, 3.05) is 0 Å². The molecular weight excluding hydrogens is 401 g/mol. The molecule has 1 unspecified atom stereocenters. The van der Waals surface area contributed by atoms with E-state index in [1.54, 1.807) is 0 Å². The van der Waals surface area contributed by atoms with E-state index in [0.717, 1.165) is 10.4 Å². The van der Waals surface area contributed by atoms with Gasteiger partial charge in [-0.25, -0.2) is 0 Å². The van der Waals surface area contributed by atoms with Crippen LogP contribution < -0.4 is 5.73 Å². The predicted octanol–water partition coefficient (Wildman–Crippen LogP) is 5.27. The SMILES string of the molecule is CCC1CCC(C(N)c2cc(I)ccc2Br)CC1. The van der Waals surface area contributed by atoms with Gasteiger partial charge in [-0.1, -0.05) is 42.1 Å². The monoisotopic (exact) mass is 421 g/mol. The largest absolute Gasteiger partial charge is 0.324 e. The van der Waals surface area contributed by atoms with E-state index in [-0.39, 0.29) is 6.04 Å². The second kappa shape index (κ2) is 6.71. The Morgan fingerprint density at radius 1 is 1.33 bits per heavy atom. The highest BCUT2D eigenvalue weighted by atomic mass is 127. The first-order valence-corrected chi connectivity index (χ1v) is 8.69. The van der Waals surface area contributed by atoms with Crippen LogP contribution in [0.3, 0.4) is 0 Å². The molecule has 1 aliphatic rings. The van der Waals surface area contributed by atoms with E-state index in [9.17, 15) is 0 Å². The maximum atomic E-state index is 6.49. The summed E-state index contributed by atoms with van der Waals surface area (Å²) in [6.07, 6.45) is 6.62. The Bertz CT molecular complexity index is 399. The molecule has 0 bridgehead atoms. The number of hydrogen-bond acceptors (Lipinski definition) is 1. The highest BCUT2D eigenvalue weighted by molar-refractivity contribution is 14.1. The van der Waals surface area contributed by atoms with Crippen LogP contribution >= 0.6 is 38.5 Å². The van der Waals surface area contributed by atoms with Gasteiger partial charge in [0.1, 0.15) is 0 Å². The molecule has 18 heavy (non-hydrogen) atoms. The summed E-state index contributed by atoms with van der Waals surface area (Å²) in [5.74, 6) is 1.59. The van der Waals surface area contributed by atoms with Crippen LogP contribution in [0.5, 0.6) is 0 Å². The average molecular weight is 422 g/mol. The molecule has 1 aliphatic carbocycles. The second-order valence-electron chi connectivity index (χ2n) is 5.38. The quantitative estimate of drug-likeness (QED) is 0.661. The number of benzene rings is 1. The third-order valence-electron chi connectivity index (χ3n) is 4.29. The van der Waals surface area contributed by atoms with Gasteiger partial charge in [0.25, 0.3) is 0 Å². The van der Waals surface area contributed by atoms with Crippen LogP contribution in [0.2, 0.25) is 0 Å². The molecule has 3 heteroatoms. The van der Waals surface area contributed by atoms with Crippen LogP contribution in [0.1, 0.15) is 50.6 Å². The molecule has 0 saturated heterocycles. The van der Waals surface area contributed by atoms with Crippen LogP contribution in [0.4, 0.5) is 0 Å². The van der Waals surface area contributed by atoms with Gasteiger partial charge < -0.3 is 5.73 Å². The number of hydrogen-bond donors (Lipinski definition) is 1. The summed E-state index contributed by atoms with van der Waals surface area (Å²) in [4.78, 5) is 0. The van der Waals surface area contributed by atoms with Crippen molar-refractivity contribution in [1.82, 2.24) is 0 Å². The normalized spacial score (nSPS) is 26.0. The minimum atomic E-state index is 0.187. The van der Waals surface area contributed by atoms with Gasteiger partial charge in [0.05, 0.1) is 0 Å². The van der Waals surface area contributed by atoms with Crippen molar-refractivity contribution in [2.45, 2.75) is 45.1 Å². The van der Waals surface area contributed by atoms with Gasteiger partial charge in [-0.15, -0.1) is 0 Å². The van der Waals surface area contributed by atoms with Crippen molar-refractivity contribution in [3.8, 4) is 0 Å². The first kappa shape index (κ1) is 14.8. The first-order valence-electron chi connectivity index (χ1n) is 6.82. The van der Waals surface area contributed by atoms with E-state index in [2.05, 4.69) is 63.6 Å². The van der Waals surface area contributed by atoms with Gasteiger partial charge in [-0.3, -0.25) is 0 Å². The fourth-order valence-electron chi connectivity index (χ4n) is 2.98. The van der Waals surface area contributed by atoms with Crippen molar-refractivity contribution >= 4 is 38.5 Å². The van der Waals surface area contributed by atoms with Crippen molar-refractivity contribution in [3.05, 3.63) is 31.8 Å². The zero-order valence-corrected chi connectivity index (χ0v) is 14.6. The molecule has 0 heterocycles. The number of nitrogens with two attached hydrogens (primary N) is 1. The van der Waals surface area contributed by atoms with Crippen LogP contribution in [-0.4, -0.2) is 0 Å². The third-order valence-corrected chi connectivity index (χ3v) is 5.69. The molecule has 2 rings (SSSR count). The maximum absolute atomic E-state index is 6.49. The van der Waals surface area contributed by atoms with Crippen molar-refractivity contribution in [3.63, 3.8) is 0 Å². The molecule has 1 atom stereocenters. The van der Waals surface area contributed by atoms with Gasteiger partial charge in [0.15, 0.2) is 0 Å². The summed E-state index contributed by atoms with van der Waals surface area (Å²) in [5, 5.41) is 0. The minimum absolute atomic E-state index is 0.187. The van der Waals surface area contributed by atoms with E-state index in [1.165, 1.54) is 41.2 Å². The molecule has 100 valence electrons. The zero-order valence-electron chi connectivity index (χ0n) is 10.8. The summed E-state index contributed by atoms with van der Waals surface area (Å²) in [6, 6.07) is 6.65. The first-order chi connectivity index (χ1) is 8.61. The van der Waals surface area contributed by atoms with E-state index in [0.29, 0.717) is 5.92 Å². The van der Waals surface area contributed by atoms with Gasteiger partial charge in [0.2, 0.25) is 0 Å². The Kier molecular flexibility index (Phi) is 5.51. The van der Waals surface area contributed by atoms with E-state index < -0.39 is 0 Å². The molecule has 1 aromatic carbocycles. The highest BCUT2D eigenvalue weighted by Gasteiger charge is 2.26. The Hall–Kier alpha value is 0.390. The summed E-state index contributed by atoms with van der Waals surface area (Å²) in [5.41, 5.74) is 7.77. The van der Waals surface area contributed by atoms with Gasteiger partial charge in [-0.2, -0.15) is 0 Å². The average Bonchev–Trinajstić information content (AvgIpc) is 2.41. The molecule has 0 radical (unpaired) electrons. The van der Waals surface area contributed by atoms with Crippen LogP contribution in [-0.2, 0) is 0 Å². The lowest BCUT2D eigenvalue weighted by atomic mass is 9.76. The van der Waals surface area contributed by atoms with Crippen LogP contribution in [0.15, 0.2) is 22.7 Å². The topological polar surface area (TPSA) is 26.0 Å². The van der Waals surface area contributed by atoms with E-state index in [4.69, 9.17) is 5.73 Å². The molecule has 0 aromatic heterocycles. The molecule has 0 spiro atoms. The van der Waals surface area contributed by atoms with Gasteiger partial charge in [-0.05, 0) is 71.0 Å². The lowest BCUT2D eigenvalue weighted by molar-refractivity contribution is 0.239. The van der Waals surface area contributed by atoms with Gasteiger partial charge in [0, 0.05) is 14.1 Å². The Balaban J connectivity index is 2.07. The van der Waals surface area contributed by atoms with Crippen molar-refractivity contribution in [1.29, 1.82) is 0 Å². The summed E-state index contributed by atoms with van der Waals surface area (Å²) in [6.45, 7) is 2.31. The molecule has 0 amide bonds. The lowest BCUT2D eigenvalue weighted by Gasteiger charge is -2.32. The molecule has 1 nitrogen and oxygen atoms in total. The second-order valence-corrected chi connectivity index (χ2v) is 7.48. The summed E-state index contributed by atoms with van der Waals surface area (Å²) < 4.78 is 2.43. The standard InChI is InChI=1S/C15H21BrIN/c1-2-10-3-5-11(6-4-10)15(18)13-9-12(17)7-8-14(13)16/h7-11,15H,2-6,18H2,1H3. The third kappa shape index (κ3) is 3.48. The van der Waals surface area contributed by atoms with Gasteiger partial charge >= 0.3 is 0 Å². The predicted molar refractivity (Wildman–Crippen MR) is 89.5 cm³/mol. The number of halogens is 2. The van der Waals surface area contributed by atoms with Crippen molar-refractivity contribution in [2.24, 2.45) is 17.6 Å². The van der Waals surface area contributed by atoms with E-state index >= 15 is 0 Å². The fraction of sp³-hybridized carbons (Fsp3) is 0.600. The molecule has 0 aliphatic heterocycles. The molecule has 1 fully saturated rings. The molecule has 2 N–H and O–H groups in total.